The molecule has 0 fully saturated rings. The fraction of sp³-hybridized carbons (Fsp3) is 0.176. The molecule has 0 radical (unpaired) electrons. The average molecular weight is 282 g/mol. The Morgan fingerprint density at radius 2 is 1.95 bits per heavy atom. The van der Waals surface area contributed by atoms with Gasteiger partial charge in [0.15, 0.2) is 0 Å². The van der Waals surface area contributed by atoms with E-state index < -0.39 is 0 Å². The topological polar surface area (TPSA) is 41.8 Å². The van der Waals surface area contributed by atoms with Crippen LogP contribution in [0.2, 0.25) is 0 Å². The lowest BCUT2D eigenvalue weighted by Gasteiger charge is -2.06. The van der Waals surface area contributed by atoms with E-state index in [-0.39, 0.29) is 0 Å². The second kappa shape index (κ2) is 5.73. The first kappa shape index (κ1) is 13.3. The molecule has 3 rings (SSSR count). The van der Waals surface area contributed by atoms with Crippen molar-refractivity contribution < 1.29 is 0 Å². The van der Waals surface area contributed by atoms with Crippen LogP contribution in [0.3, 0.4) is 0 Å². The highest BCUT2D eigenvalue weighted by Gasteiger charge is 2.05. The molecule has 2 nitrogen and oxygen atoms in total. The molecule has 1 heterocycles. The molecule has 3 N–H and O–H groups in total. The van der Waals surface area contributed by atoms with Crippen molar-refractivity contribution in [2.75, 3.05) is 6.54 Å². The Hall–Kier alpha value is -1.71. The van der Waals surface area contributed by atoms with Crippen LogP contribution in [0.5, 0.6) is 0 Å². The van der Waals surface area contributed by atoms with Crippen LogP contribution < -0.4 is 5.73 Å². The quantitative estimate of drug-likeness (QED) is 0.755. The number of nitrogens with two attached hydrogens (primary N) is 1. The molecule has 0 saturated heterocycles. The second-order valence-electron chi connectivity index (χ2n) is 4.96. The summed E-state index contributed by atoms with van der Waals surface area (Å²) in [6.45, 7) is 2.86. The van der Waals surface area contributed by atoms with Gasteiger partial charge in [0.05, 0.1) is 5.03 Å². The molecule has 0 aliphatic heterocycles. The molecule has 0 aliphatic rings. The van der Waals surface area contributed by atoms with E-state index in [1.54, 1.807) is 11.8 Å². The van der Waals surface area contributed by atoms with E-state index in [0.717, 1.165) is 6.42 Å². The maximum absolute atomic E-state index is 5.61. The van der Waals surface area contributed by atoms with Crippen molar-refractivity contribution in [1.82, 2.24) is 4.98 Å². The van der Waals surface area contributed by atoms with Gasteiger partial charge in [-0.2, -0.15) is 0 Å². The SMILES string of the molecule is Cc1cc(CCN)ccc1Sc1cc2ccccc2[nH]1. The van der Waals surface area contributed by atoms with Gasteiger partial charge >= 0.3 is 0 Å². The molecule has 0 aliphatic carbocycles. The molecular formula is C17H18N2S. The van der Waals surface area contributed by atoms with E-state index in [4.69, 9.17) is 5.73 Å². The summed E-state index contributed by atoms with van der Waals surface area (Å²) in [7, 11) is 0. The van der Waals surface area contributed by atoms with Crippen molar-refractivity contribution in [3.8, 4) is 0 Å². The van der Waals surface area contributed by atoms with Crippen molar-refractivity contribution in [2.24, 2.45) is 5.73 Å². The van der Waals surface area contributed by atoms with Crippen LogP contribution in [0.25, 0.3) is 10.9 Å². The smallest absolute Gasteiger partial charge is 0.0780 e. The summed E-state index contributed by atoms with van der Waals surface area (Å²) in [5.74, 6) is 0. The van der Waals surface area contributed by atoms with Crippen LogP contribution >= 0.6 is 11.8 Å². The monoisotopic (exact) mass is 282 g/mol. The van der Waals surface area contributed by atoms with Gasteiger partial charge < -0.3 is 10.7 Å². The summed E-state index contributed by atoms with van der Waals surface area (Å²) in [5.41, 5.74) is 9.41. The number of nitrogens with one attached hydrogen (secondary N) is 1. The minimum Gasteiger partial charge on any atom is -0.349 e. The zero-order valence-electron chi connectivity index (χ0n) is 11.5. The normalized spacial score (nSPS) is 11.1. The van der Waals surface area contributed by atoms with E-state index >= 15 is 0 Å². The lowest BCUT2D eigenvalue weighted by atomic mass is 10.1. The van der Waals surface area contributed by atoms with Gasteiger partial charge in [-0.3, -0.25) is 0 Å². The van der Waals surface area contributed by atoms with Gasteiger partial charge in [-0.1, -0.05) is 42.1 Å². The minimum atomic E-state index is 0.702. The van der Waals surface area contributed by atoms with Gasteiger partial charge in [-0.15, -0.1) is 0 Å². The van der Waals surface area contributed by atoms with Crippen LogP contribution in [0.15, 0.2) is 58.5 Å². The number of rotatable bonds is 4. The number of hydrogen-bond acceptors (Lipinski definition) is 2. The third-order valence-electron chi connectivity index (χ3n) is 3.40. The summed E-state index contributed by atoms with van der Waals surface area (Å²) in [4.78, 5) is 4.74. The summed E-state index contributed by atoms with van der Waals surface area (Å²) in [5, 5.41) is 2.44. The first-order valence-corrected chi connectivity index (χ1v) is 7.63. The van der Waals surface area contributed by atoms with E-state index in [1.165, 1.54) is 32.0 Å². The number of aromatic amines is 1. The number of hydrogen-bond donors (Lipinski definition) is 2. The number of H-pyrrole nitrogens is 1. The van der Waals surface area contributed by atoms with Gasteiger partial charge in [0.1, 0.15) is 0 Å². The van der Waals surface area contributed by atoms with Crippen LogP contribution in [0, 0.1) is 6.92 Å². The third-order valence-corrected chi connectivity index (χ3v) is 4.52. The Balaban J connectivity index is 1.86. The fourth-order valence-electron chi connectivity index (χ4n) is 2.37. The largest absolute Gasteiger partial charge is 0.349 e. The molecule has 0 spiro atoms. The molecule has 0 saturated carbocycles. The molecule has 0 unspecified atom stereocenters. The predicted octanol–water partition coefficient (Wildman–Crippen LogP) is 4.13. The molecule has 20 heavy (non-hydrogen) atoms. The molecule has 1 aromatic heterocycles. The molecular weight excluding hydrogens is 264 g/mol. The predicted molar refractivity (Wildman–Crippen MR) is 86.4 cm³/mol. The summed E-state index contributed by atoms with van der Waals surface area (Å²) in [6.07, 6.45) is 0.943. The summed E-state index contributed by atoms with van der Waals surface area (Å²) >= 11 is 1.78. The molecule has 2 aromatic carbocycles. The van der Waals surface area contributed by atoms with Gasteiger partial charge in [-0.05, 0) is 49.2 Å². The zero-order chi connectivity index (χ0) is 13.9. The molecule has 3 heteroatoms. The number of para-hydroxylation sites is 1. The summed E-state index contributed by atoms with van der Waals surface area (Å²) in [6, 6.07) is 17.2. The number of benzene rings is 2. The average Bonchev–Trinajstić information content (AvgIpc) is 2.84. The van der Waals surface area contributed by atoms with Crippen LogP contribution in [-0.4, -0.2) is 11.5 Å². The molecule has 0 bridgehead atoms. The highest BCUT2D eigenvalue weighted by atomic mass is 32.2. The van der Waals surface area contributed by atoms with Crippen molar-refractivity contribution in [3.05, 3.63) is 59.7 Å². The van der Waals surface area contributed by atoms with Crippen molar-refractivity contribution in [3.63, 3.8) is 0 Å². The highest BCUT2D eigenvalue weighted by molar-refractivity contribution is 7.99. The van der Waals surface area contributed by atoms with Gasteiger partial charge in [-0.25, -0.2) is 0 Å². The lowest BCUT2D eigenvalue weighted by molar-refractivity contribution is 0.963. The van der Waals surface area contributed by atoms with Crippen molar-refractivity contribution in [2.45, 2.75) is 23.3 Å². The standard InChI is InChI=1S/C17H18N2S/c1-12-10-13(8-9-18)6-7-16(12)20-17-11-14-4-2-3-5-15(14)19-17/h2-7,10-11,19H,8-9,18H2,1H3. The van der Waals surface area contributed by atoms with E-state index in [1.807, 2.05) is 0 Å². The Bertz CT molecular complexity index is 698. The number of fused-ring (bicyclic) bond motifs is 1. The Morgan fingerprint density at radius 1 is 1.10 bits per heavy atom. The second-order valence-corrected chi connectivity index (χ2v) is 6.05. The third kappa shape index (κ3) is 2.74. The Kier molecular flexibility index (Phi) is 3.81. The molecule has 3 aromatic rings. The maximum Gasteiger partial charge on any atom is 0.0780 e. The highest BCUT2D eigenvalue weighted by Crippen LogP contribution is 2.32. The van der Waals surface area contributed by atoms with E-state index in [9.17, 15) is 0 Å². The first-order valence-electron chi connectivity index (χ1n) is 6.81. The fourth-order valence-corrected chi connectivity index (χ4v) is 3.31. The minimum absolute atomic E-state index is 0.702. The van der Waals surface area contributed by atoms with Gasteiger partial charge in [0.25, 0.3) is 0 Å². The Morgan fingerprint density at radius 3 is 2.70 bits per heavy atom. The van der Waals surface area contributed by atoms with E-state index in [0.29, 0.717) is 6.54 Å². The molecule has 102 valence electrons. The van der Waals surface area contributed by atoms with Crippen LogP contribution in [0.1, 0.15) is 11.1 Å². The zero-order valence-corrected chi connectivity index (χ0v) is 12.3. The van der Waals surface area contributed by atoms with E-state index in [2.05, 4.69) is 60.4 Å². The van der Waals surface area contributed by atoms with Gasteiger partial charge in [0.2, 0.25) is 0 Å². The first-order chi connectivity index (χ1) is 9.76. The van der Waals surface area contributed by atoms with Gasteiger partial charge in [0, 0.05) is 15.8 Å². The number of aryl methyl sites for hydroxylation is 1. The van der Waals surface area contributed by atoms with Crippen LogP contribution in [-0.2, 0) is 6.42 Å². The van der Waals surface area contributed by atoms with Crippen LogP contribution in [0.4, 0.5) is 0 Å². The lowest BCUT2D eigenvalue weighted by Crippen LogP contribution is -2.02. The summed E-state index contributed by atoms with van der Waals surface area (Å²) < 4.78 is 0. The number of aromatic nitrogens is 1. The Labute approximate surface area is 123 Å². The van der Waals surface area contributed by atoms with Crippen molar-refractivity contribution >= 4 is 22.7 Å². The maximum atomic E-state index is 5.61. The molecule has 0 amide bonds. The van der Waals surface area contributed by atoms with Crippen molar-refractivity contribution in [1.29, 1.82) is 0 Å². The molecule has 0 atom stereocenters.